The molecule has 0 fully saturated rings. The number of hydrogen-bond acceptors (Lipinski definition) is 3. The van der Waals surface area contributed by atoms with Crippen molar-refractivity contribution in [2.75, 3.05) is 0 Å². The van der Waals surface area contributed by atoms with Crippen LogP contribution in [0.3, 0.4) is 0 Å². The van der Waals surface area contributed by atoms with Gasteiger partial charge in [0.15, 0.2) is 17.2 Å². The Kier molecular flexibility index (Phi) is 6.53. The molecule has 56 heavy (non-hydrogen) atoms. The van der Waals surface area contributed by atoms with Crippen molar-refractivity contribution < 1.29 is 4.42 Å². The Morgan fingerprint density at radius 2 is 1.00 bits per heavy atom. The highest BCUT2D eigenvalue weighted by Crippen LogP contribution is 2.41. The van der Waals surface area contributed by atoms with Crippen molar-refractivity contribution >= 4 is 65.6 Å². The van der Waals surface area contributed by atoms with E-state index in [1.807, 2.05) is 47.1 Å². The van der Waals surface area contributed by atoms with Crippen LogP contribution in [-0.2, 0) is 0 Å². The van der Waals surface area contributed by atoms with E-state index in [0.29, 0.717) is 5.82 Å². The fourth-order valence-corrected chi connectivity index (χ4v) is 8.62. The molecule has 4 heterocycles. The molecule has 6 heteroatoms. The second-order valence-electron chi connectivity index (χ2n) is 14.3. The van der Waals surface area contributed by atoms with E-state index in [9.17, 15) is 0 Å². The molecule has 0 aliphatic rings. The summed E-state index contributed by atoms with van der Waals surface area (Å²) in [5, 5.41) is 12.0. The van der Waals surface area contributed by atoms with Gasteiger partial charge in [-0.15, -0.1) is 5.10 Å². The molecule has 6 nitrogen and oxygen atoms in total. The van der Waals surface area contributed by atoms with E-state index in [0.717, 1.165) is 83.4 Å². The highest BCUT2D eigenvalue weighted by atomic mass is 16.3. The van der Waals surface area contributed by atoms with Gasteiger partial charge in [0.2, 0.25) is 0 Å². The molecule has 0 spiro atoms. The van der Waals surface area contributed by atoms with E-state index in [1.54, 1.807) is 0 Å². The summed E-state index contributed by atoms with van der Waals surface area (Å²) in [5.41, 5.74) is 11.3. The van der Waals surface area contributed by atoms with Crippen molar-refractivity contribution in [2.45, 2.75) is 0 Å². The number of furan rings is 1. The molecule has 4 aromatic heterocycles. The van der Waals surface area contributed by atoms with Crippen LogP contribution >= 0.6 is 0 Å². The minimum absolute atomic E-state index is 0.689. The van der Waals surface area contributed by atoms with E-state index >= 15 is 0 Å². The third-order valence-corrected chi connectivity index (χ3v) is 11.1. The Morgan fingerprint density at radius 1 is 0.393 bits per heavy atom. The van der Waals surface area contributed by atoms with Gasteiger partial charge in [-0.1, -0.05) is 127 Å². The second-order valence-corrected chi connectivity index (χ2v) is 14.3. The first-order valence-electron chi connectivity index (χ1n) is 18.8. The Labute approximate surface area is 320 Å². The zero-order chi connectivity index (χ0) is 36.7. The molecule has 0 saturated heterocycles. The Bertz CT molecular complexity index is 3480. The molecule has 0 atom stereocenters. The van der Waals surface area contributed by atoms with Crippen LogP contribution < -0.4 is 0 Å². The molecule has 0 aliphatic heterocycles. The van der Waals surface area contributed by atoms with Crippen LogP contribution in [0.15, 0.2) is 192 Å². The number of aromatic nitrogens is 5. The van der Waals surface area contributed by atoms with Gasteiger partial charge in [-0.3, -0.25) is 0 Å². The minimum Gasteiger partial charge on any atom is -0.454 e. The summed E-state index contributed by atoms with van der Waals surface area (Å²) in [7, 11) is 0. The Hall–Kier alpha value is -7.70. The average molecular weight is 718 g/mol. The van der Waals surface area contributed by atoms with E-state index in [2.05, 4.69) is 155 Å². The summed E-state index contributed by atoms with van der Waals surface area (Å²) in [4.78, 5) is 5.07. The zero-order valence-corrected chi connectivity index (χ0v) is 30.0. The molecule has 0 radical (unpaired) electrons. The van der Waals surface area contributed by atoms with E-state index in [1.165, 1.54) is 16.2 Å². The quantitative estimate of drug-likeness (QED) is 0.178. The zero-order valence-electron chi connectivity index (χ0n) is 30.0. The maximum Gasteiger partial charge on any atom is 0.182 e. The molecule has 0 amide bonds. The predicted octanol–water partition coefficient (Wildman–Crippen LogP) is 12.7. The normalized spacial score (nSPS) is 11.9. The highest BCUT2D eigenvalue weighted by molar-refractivity contribution is 6.21. The molecule has 0 bridgehead atoms. The summed E-state index contributed by atoms with van der Waals surface area (Å²) in [6.07, 6.45) is 0. The molecule has 0 aliphatic carbocycles. The molecule has 0 unspecified atom stereocenters. The van der Waals surface area contributed by atoms with Crippen LogP contribution in [0.25, 0.3) is 105 Å². The van der Waals surface area contributed by atoms with Gasteiger partial charge in [-0.25, -0.2) is 9.67 Å². The van der Waals surface area contributed by atoms with Crippen molar-refractivity contribution in [1.29, 1.82) is 0 Å². The number of para-hydroxylation sites is 3. The lowest BCUT2D eigenvalue weighted by Gasteiger charge is -2.13. The highest BCUT2D eigenvalue weighted by Gasteiger charge is 2.21. The fourth-order valence-electron chi connectivity index (χ4n) is 8.62. The smallest absolute Gasteiger partial charge is 0.182 e. The topological polar surface area (TPSA) is 53.7 Å². The van der Waals surface area contributed by atoms with Gasteiger partial charge in [-0.2, -0.15) is 0 Å². The van der Waals surface area contributed by atoms with E-state index < -0.39 is 0 Å². The summed E-state index contributed by atoms with van der Waals surface area (Å²) < 4.78 is 13.4. The molecule has 8 aromatic carbocycles. The largest absolute Gasteiger partial charge is 0.454 e. The third kappa shape index (κ3) is 4.50. The summed E-state index contributed by atoms with van der Waals surface area (Å²) >= 11 is 0. The summed E-state index contributed by atoms with van der Waals surface area (Å²) in [6.45, 7) is 0. The van der Waals surface area contributed by atoms with Crippen LogP contribution in [-0.4, -0.2) is 23.9 Å². The van der Waals surface area contributed by atoms with Crippen LogP contribution in [0.4, 0.5) is 0 Å². The number of hydrogen-bond donors (Lipinski definition) is 0. The third-order valence-electron chi connectivity index (χ3n) is 11.1. The standard InChI is InChI=1S/C50H31N5O/c1-3-14-32(15-4-1)49-51-50(33-16-5-2-6-17-33)55(52-49)36-26-29-45-42(31-36)38-21-8-10-23-43(38)53(45)34-18-13-19-35(30-34)54-44-24-11-7-20-37(44)40-27-28-41-39-22-9-12-25-46(39)56-48(41)47(40)54/h1-31H. The van der Waals surface area contributed by atoms with Crippen LogP contribution in [0.2, 0.25) is 0 Å². The lowest BCUT2D eigenvalue weighted by atomic mass is 10.1. The first-order valence-corrected chi connectivity index (χ1v) is 18.8. The van der Waals surface area contributed by atoms with Gasteiger partial charge < -0.3 is 13.6 Å². The lowest BCUT2D eigenvalue weighted by molar-refractivity contribution is 0.671. The number of benzene rings is 8. The summed E-state index contributed by atoms with van der Waals surface area (Å²) in [5.74, 6) is 1.48. The van der Waals surface area contributed by atoms with Gasteiger partial charge >= 0.3 is 0 Å². The molecule has 0 N–H and O–H groups in total. The minimum atomic E-state index is 0.689. The van der Waals surface area contributed by atoms with Crippen molar-refractivity contribution in [2.24, 2.45) is 0 Å². The lowest BCUT2D eigenvalue weighted by Crippen LogP contribution is -2.00. The molecule has 12 rings (SSSR count). The van der Waals surface area contributed by atoms with E-state index in [4.69, 9.17) is 14.5 Å². The monoisotopic (exact) mass is 717 g/mol. The summed E-state index contributed by atoms with van der Waals surface area (Å²) in [6, 6.07) is 66.0. The second kappa shape index (κ2) is 11.9. The first kappa shape index (κ1) is 30.7. The molecule has 0 saturated carbocycles. The molecule has 12 aromatic rings. The van der Waals surface area contributed by atoms with Gasteiger partial charge in [-0.05, 0) is 60.7 Å². The SMILES string of the molecule is c1ccc(-c2nc(-c3ccccc3)n(-c3ccc4c(c3)c3ccccc3n4-c3cccc(-n4c5ccccc5c5ccc6c7ccccc7oc6c54)c3)n2)cc1. The predicted molar refractivity (Wildman–Crippen MR) is 228 cm³/mol. The first-order chi connectivity index (χ1) is 27.8. The molecular formula is C50H31N5O. The number of fused-ring (bicyclic) bond motifs is 10. The van der Waals surface area contributed by atoms with Crippen LogP contribution in [0.1, 0.15) is 0 Å². The van der Waals surface area contributed by atoms with Gasteiger partial charge in [0.25, 0.3) is 0 Å². The maximum absolute atomic E-state index is 6.65. The van der Waals surface area contributed by atoms with Crippen molar-refractivity contribution in [3.63, 3.8) is 0 Å². The Morgan fingerprint density at radius 3 is 1.79 bits per heavy atom. The van der Waals surface area contributed by atoms with Crippen molar-refractivity contribution in [3.8, 4) is 39.8 Å². The molecular weight excluding hydrogens is 687 g/mol. The maximum atomic E-state index is 6.65. The van der Waals surface area contributed by atoms with E-state index in [-0.39, 0.29) is 0 Å². The van der Waals surface area contributed by atoms with Gasteiger partial charge in [0.05, 0.1) is 27.8 Å². The van der Waals surface area contributed by atoms with Gasteiger partial charge in [0, 0.05) is 54.8 Å². The Balaban J connectivity index is 1.07. The van der Waals surface area contributed by atoms with Crippen molar-refractivity contribution in [1.82, 2.24) is 23.9 Å². The van der Waals surface area contributed by atoms with Crippen molar-refractivity contribution in [3.05, 3.63) is 188 Å². The van der Waals surface area contributed by atoms with Crippen LogP contribution in [0.5, 0.6) is 0 Å². The average Bonchev–Trinajstić information content (AvgIpc) is 4.04. The number of nitrogens with zero attached hydrogens (tertiary/aromatic N) is 5. The fraction of sp³-hybridized carbons (Fsp3) is 0. The van der Waals surface area contributed by atoms with Crippen LogP contribution in [0, 0.1) is 0 Å². The number of rotatable bonds is 5. The molecule has 262 valence electrons. The van der Waals surface area contributed by atoms with Gasteiger partial charge in [0.1, 0.15) is 5.58 Å².